The summed E-state index contributed by atoms with van der Waals surface area (Å²) in [6.07, 6.45) is 5.13. The van der Waals surface area contributed by atoms with Crippen LogP contribution in [-0.4, -0.2) is 27.3 Å². The Morgan fingerprint density at radius 1 is 1.20 bits per heavy atom. The lowest BCUT2D eigenvalue weighted by molar-refractivity contribution is 0.399. The van der Waals surface area contributed by atoms with Crippen LogP contribution in [0.5, 0.6) is 5.88 Å². The van der Waals surface area contributed by atoms with Gasteiger partial charge in [-0.2, -0.15) is 5.10 Å². The van der Waals surface area contributed by atoms with E-state index in [1.54, 1.807) is 25.7 Å². The number of ether oxygens (including phenoxy) is 1. The van der Waals surface area contributed by atoms with Gasteiger partial charge >= 0.3 is 0 Å². The monoisotopic (exact) mass is 267 g/mol. The molecule has 0 amide bonds. The van der Waals surface area contributed by atoms with Gasteiger partial charge < -0.3 is 10.5 Å². The number of pyridine rings is 2. The fourth-order valence-electron chi connectivity index (χ4n) is 2.10. The number of nitrogen functional groups attached to an aromatic ring is 1. The van der Waals surface area contributed by atoms with Crippen LogP contribution in [0.2, 0.25) is 0 Å². The van der Waals surface area contributed by atoms with E-state index < -0.39 is 0 Å². The second-order valence-electron chi connectivity index (χ2n) is 4.16. The quantitative estimate of drug-likeness (QED) is 0.758. The Morgan fingerprint density at radius 2 is 2.05 bits per heavy atom. The largest absolute Gasteiger partial charge is 0.481 e. The Hall–Kier alpha value is -2.89. The lowest BCUT2D eigenvalue weighted by Crippen LogP contribution is -1.93. The van der Waals surface area contributed by atoms with Crippen molar-refractivity contribution in [1.29, 1.82) is 0 Å². The molecule has 100 valence electrons. The zero-order valence-corrected chi connectivity index (χ0v) is 10.9. The van der Waals surface area contributed by atoms with Crippen LogP contribution in [0.1, 0.15) is 0 Å². The van der Waals surface area contributed by atoms with Crippen LogP contribution in [0.4, 0.5) is 5.82 Å². The number of nitrogens with one attached hydrogen (secondary N) is 1. The molecule has 0 atom stereocenters. The minimum absolute atomic E-state index is 0.416. The Balaban J connectivity index is 2.22. The molecule has 6 heteroatoms. The molecule has 0 spiro atoms. The maximum atomic E-state index is 5.97. The van der Waals surface area contributed by atoms with Crippen molar-refractivity contribution in [2.24, 2.45) is 0 Å². The Kier molecular flexibility index (Phi) is 3.04. The molecule has 3 aromatic heterocycles. The van der Waals surface area contributed by atoms with Gasteiger partial charge in [-0.25, -0.2) is 4.98 Å². The zero-order valence-electron chi connectivity index (χ0n) is 10.9. The lowest BCUT2D eigenvalue weighted by atomic mass is 10.0. The molecule has 3 heterocycles. The molecule has 0 aliphatic carbocycles. The number of nitrogens with two attached hydrogens (primary N) is 1. The average Bonchev–Trinajstić information content (AvgIpc) is 2.89. The van der Waals surface area contributed by atoms with Crippen LogP contribution in [0.15, 0.2) is 42.9 Å². The molecule has 0 radical (unpaired) electrons. The van der Waals surface area contributed by atoms with Crippen LogP contribution in [-0.2, 0) is 0 Å². The molecule has 0 aromatic carbocycles. The van der Waals surface area contributed by atoms with Crippen LogP contribution in [0, 0.1) is 0 Å². The number of hydrogen-bond donors (Lipinski definition) is 2. The summed E-state index contributed by atoms with van der Waals surface area (Å²) in [5, 5.41) is 7.03. The van der Waals surface area contributed by atoms with Gasteiger partial charge in [0.15, 0.2) is 5.82 Å². The van der Waals surface area contributed by atoms with E-state index >= 15 is 0 Å². The molecule has 3 aromatic rings. The topological polar surface area (TPSA) is 89.7 Å². The number of rotatable bonds is 3. The number of H-pyrrole nitrogens is 1. The summed E-state index contributed by atoms with van der Waals surface area (Å²) in [6.45, 7) is 0. The maximum absolute atomic E-state index is 5.97. The summed E-state index contributed by atoms with van der Waals surface area (Å²) >= 11 is 0. The van der Waals surface area contributed by atoms with Crippen molar-refractivity contribution in [3.05, 3.63) is 42.9 Å². The molecule has 3 rings (SSSR count). The molecular formula is C14H13N5O. The fourth-order valence-corrected chi connectivity index (χ4v) is 2.10. The van der Waals surface area contributed by atoms with Gasteiger partial charge in [0.1, 0.15) is 0 Å². The van der Waals surface area contributed by atoms with E-state index in [4.69, 9.17) is 10.5 Å². The Bertz CT molecular complexity index is 723. The summed E-state index contributed by atoms with van der Waals surface area (Å²) in [6, 6.07) is 7.52. The van der Waals surface area contributed by atoms with Crippen LogP contribution >= 0.6 is 0 Å². The number of anilines is 1. The maximum Gasteiger partial charge on any atom is 0.222 e. The van der Waals surface area contributed by atoms with Crippen molar-refractivity contribution in [2.75, 3.05) is 12.8 Å². The van der Waals surface area contributed by atoms with Gasteiger partial charge in [0.05, 0.1) is 23.9 Å². The first-order valence-corrected chi connectivity index (χ1v) is 6.05. The second kappa shape index (κ2) is 5.00. The van der Waals surface area contributed by atoms with Gasteiger partial charge in [-0.05, 0) is 18.2 Å². The second-order valence-corrected chi connectivity index (χ2v) is 4.16. The van der Waals surface area contributed by atoms with Gasteiger partial charge in [0, 0.05) is 24.2 Å². The number of aromatic amines is 1. The van der Waals surface area contributed by atoms with Gasteiger partial charge in [-0.15, -0.1) is 0 Å². The summed E-state index contributed by atoms with van der Waals surface area (Å²) in [5.74, 6) is 0.931. The van der Waals surface area contributed by atoms with Gasteiger partial charge in [-0.1, -0.05) is 6.07 Å². The standard InChI is InChI=1S/C14H13N5O/c1-20-14-10(5-3-7-17-14)12-11(13(15)19-18-12)9-4-2-6-16-8-9/h2-8H,1H3,(H3,15,18,19). The number of aromatic nitrogens is 4. The first-order valence-electron chi connectivity index (χ1n) is 6.05. The highest BCUT2D eigenvalue weighted by Crippen LogP contribution is 2.37. The number of nitrogens with zero attached hydrogens (tertiary/aromatic N) is 3. The molecule has 0 aliphatic rings. The highest BCUT2D eigenvalue weighted by Gasteiger charge is 2.18. The van der Waals surface area contributed by atoms with Crippen molar-refractivity contribution < 1.29 is 4.74 Å². The Morgan fingerprint density at radius 3 is 2.80 bits per heavy atom. The molecule has 20 heavy (non-hydrogen) atoms. The number of methoxy groups -OCH3 is 1. The van der Waals surface area contributed by atoms with Crippen molar-refractivity contribution in [2.45, 2.75) is 0 Å². The van der Waals surface area contributed by atoms with Crippen molar-refractivity contribution in [3.63, 3.8) is 0 Å². The molecule has 0 fully saturated rings. The highest BCUT2D eigenvalue weighted by molar-refractivity contribution is 5.88. The van der Waals surface area contributed by atoms with E-state index in [2.05, 4.69) is 20.2 Å². The van der Waals surface area contributed by atoms with Crippen LogP contribution < -0.4 is 10.5 Å². The van der Waals surface area contributed by atoms with Crippen LogP contribution in [0.25, 0.3) is 22.4 Å². The van der Waals surface area contributed by atoms with E-state index in [0.29, 0.717) is 11.7 Å². The first kappa shape index (κ1) is 12.2. The molecule has 0 saturated heterocycles. The molecule has 0 unspecified atom stereocenters. The van der Waals surface area contributed by atoms with E-state index in [1.165, 1.54) is 0 Å². The minimum Gasteiger partial charge on any atom is -0.481 e. The molecule has 6 nitrogen and oxygen atoms in total. The van der Waals surface area contributed by atoms with Crippen molar-refractivity contribution in [1.82, 2.24) is 20.2 Å². The Labute approximate surface area is 115 Å². The van der Waals surface area contributed by atoms with Crippen LogP contribution in [0.3, 0.4) is 0 Å². The molecule has 0 bridgehead atoms. The summed E-state index contributed by atoms with van der Waals surface area (Å²) in [4.78, 5) is 8.31. The molecule has 3 N–H and O–H groups in total. The summed E-state index contributed by atoms with van der Waals surface area (Å²) in [7, 11) is 1.58. The average molecular weight is 267 g/mol. The lowest BCUT2D eigenvalue weighted by Gasteiger charge is -2.07. The van der Waals surface area contributed by atoms with Crippen molar-refractivity contribution in [3.8, 4) is 28.3 Å². The number of hydrogen-bond acceptors (Lipinski definition) is 5. The SMILES string of the molecule is COc1ncccc1-c1[nH]nc(N)c1-c1cccnc1. The minimum atomic E-state index is 0.416. The normalized spacial score (nSPS) is 10.4. The predicted molar refractivity (Wildman–Crippen MR) is 76.0 cm³/mol. The highest BCUT2D eigenvalue weighted by atomic mass is 16.5. The third-order valence-electron chi connectivity index (χ3n) is 2.98. The van der Waals surface area contributed by atoms with E-state index in [0.717, 1.165) is 22.4 Å². The molecular weight excluding hydrogens is 254 g/mol. The van der Waals surface area contributed by atoms with E-state index in [-0.39, 0.29) is 0 Å². The third-order valence-corrected chi connectivity index (χ3v) is 2.98. The van der Waals surface area contributed by atoms with E-state index in [1.807, 2.05) is 24.3 Å². The van der Waals surface area contributed by atoms with E-state index in [9.17, 15) is 0 Å². The summed E-state index contributed by atoms with van der Waals surface area (Å²) < 4.78 is 5.28. The molecule has 0 saturated carbocycles. The third kappa shape index (κ3) is 1.97. The first-order chi connectivity index (χ1) is 9.81. The van der Waals surface area contributed by atoms with Gasteiger partial charge in [0.2, 0.25) is 5.88 Å². The fraction of sp³-hybridized carbons (Fsp3) is 0.0714. The summed E-state index contributed by atoms with van der Waals surface area (Å²) in [5.41, 5.74) is 9.22. The smallest absolute Gasteiger partial charge is 0.222 e. The zero-order chi connectivity index (χ0) is 13.9. The van der Waals surface area contributed by atoms with Gasteiger partial charge in [-0.3, -0.25) is 10.1 Å². The van der Waals surface area contributed by atoms with Gasteiger partial charge in [0.25, 0.3) is 0 Å². The predicted octanol–water partition coefficient (Wildman–Crippen LogP) is 2.12. The molecule has 0 aliphatic heterocycles. The van der Waals surface area contributed by atoms with Crippen molar-refractivity contribution >= 4 is 5.82 Å².